The quantitative estimate of drug-likeness (QED) is 0.782. The summed E-state index contributed by atoms with van der Waals surface area (Å²) < 4.78 is 0. The Morgan fingerprint density at radius 2 is 1.85 bits per heavy atom. The Kier molecular flexibility index (Phi) is 4.55. The van der Waals surface area contributed by atoms with Crippen LogP contribution >= 0.6 is 0 Å². The van der Waals surface area contributed by atoms with Crippen LogP contribution in [0.5, 0.6) is 0 Å². The highest BCUT2D eigenvalue weighted by molar-refractivity contribution is 5.73. The standard InChI is InChI=1S/C22H37N3O/c1-16(26)25-12-5-3-9-20(25)22-14-18(13-17-7-6-10-23-21(17)22)19-8-2-4-11-24(19)15-22/h17-21,23H,2-15H2,1H3/t17-,18-,19+,20+,21+,22+/m0/s1. The van der Waals surface area contributed by atoms with Crippen LogP contribution in [0.15, 0.2) is 0 Å². The summed E-state index contributed by atoms with van der Waals surface area (Å²) >= 11 is 0. The molecule has 6 atom stereocenters. The SMILES string of the molecule is CC(=O)N1CCCC[C@@H]1[C@]12C[C@H](C[C@@H]3CCCN[C@H]31)[C@H]1CCCCN1C2. The van der Waals surface area contributed by atoms with Crippen LogP contribution in [0, 0.1) is 17.3 Å². The van der Waals surface area contributed by atoms with Crippen molar-refractivity contribution in [3.8, 4) is 0 Å². The summed E-state index contributed by atoms with van der Waals surface area (Å²) in [6.07, 6.45) is 13.5. The first-order valence-corrected chi connectivity index (χ1v) is 11.4. The normalized spacial score (nSPS) is 46.3. The minimum absolute atomic E-state index is 0.300. The molecule has 4 heteroatoms. The van der Waals surface area contributed by atoms with E-state index in [-0.39, 0.29) is 0 Å². The summed E-state index contributed by atoms with van der Waals surface area (Å²) in [5.74, 6) is 2.04. The van der Waals surface area contributed by atoms with E-state index in [1.165, 1.54) is 83.8 Å². The van der Waals surface area contributed by atoms with Gasteiger partial charge in [-0.15, -0.1) is 0 Å². The molecule has 0 radical (unpaired) electrons. The smallest absolute Gasteiger partial charge is 0.219 e. The molecule has 26 heavy (non-hydrogen) atoms. The number of nitrogens with zero attached hydrogens (tertiary/aromatic N) is 2. The fourth-order valence-corrected chi connectivity index (χ4v) is 7.91. The maximum atomic E-state index is 12.5. The second-order valence-electron chi connectivity index (χ2n) is 10.0. The van der Waals surface area contributed by atoms with E-state index in [1.807, 2.05) is 6.92 Å². The van der Waals surface area contributed by atoms with Crippen LogP contribution < -0.4 is 5.32 Å². The molecule has 5 rings (SSSR count). The minimum atomic E-state index is 0.300. The molecule has 5 aliphatic rings. The van der Waals surface area contributed by atoms with Gasteiger partial charge in [-0.3, -0.25) is 9.69 Å². The zero-order chi connectivity index (χ0) is 17.7. The van der Waals surface area contributed by atoms with Gasteiger partial charge in [0, 0.05) is 43.6 Å². The van der Waals surface area contributed by atoms with Crippen LogP contribution in [0.25, 0.3) is 0 Å². The molecule has 0 spiro atoms. The van der Waals surface area contributed by atoms with Gasteiger partial charge in [-0.05, 0) is 82.7 Å². The lowest BCUT2D eigenvalue weighted by Crippen LogP contribution is -2.73. The summed E-state index contributed by atoms with van der Waals surface area (Å²) in [7, 11) is 0. The lowest BCUT2D eigenvalue weighted by atomic mass is 9.52. The predicted octanol–water partition coefficient (Wildman–Crippen LogP) is 3.02. The molecule has 0 unspecified atom stereocenters. The topological polar surface area (TPSA) is 35.6 Å². The van der Waals surface area contributed by atoms with Crippen molar-refractivity contribution in [2.75, 3.05) is 26.2 Å². The molecule has 1 aliphatic carbocycles. The van der Waals surface area contributed by atoms with Gasteiger partial charge in [0.2, 0.25) is 5.91 Å². The maximum Gasteiger partial charge on any atom is 0.219 e. The number of hydrogen-bond donors (Lipinski definition) is 1. The van der Waals surface area contributed by atoms with Crippen LogP contribution in [0.4, 0.5) is 0 Å². The van der Waals surface area contributed by atoms with Crippen LogP contribution in [-0.2, 0) is 4.79 Å². The number of piperidine rings is 4. The number of carbonyl (C=O) groups is 1. The van der Waals surface area contributed by atoms with Gasteiger partial charge in [0.1, 0.15) is 0 Å². The van der Waals surface area contributed by atoms with Gasteiger partial charge in [0.25, 0.3) is 0 Å². The average molecular weight is 360 g/mol. The largest absolute Gasteiger partial charge is 0.339 e. The summed E-state index contributed by atoms with van der Waals surface area (Å²) in [6, 6.07) is 1.95. The molecule has 1 amide bonds. The third-order valence-corrected chi connectivity index (χ3v) is 8.73. The molecule has 0 aromatic carbocycles. The van der Waals surface area contributed by atoms with Crippen molar-refractivity contribution in [3.05, 3.63) is 0 Å². The van der Waals surface area contributed by atoms with Gasteiger partial charge in [-0.2, -0.15) is 0 Å². The van der Waals surface area contributed by atoms with Crippen LogP contribution in [0.2, 0.25) is 0 Å². The number of likely N-dealkylation sites (tertiary alicyclic amines) is 1. The molecule has 4 nitrogen and oxygen atoms in total. The monoisotopic (exact) mass is 359 g/mol. The third-order valence-electron chi connectivity index (χ3n) is 8.73. The first-order chi connectivity index (χ1) is 12.7. The van der Waals surface area contributed by atoms with E-state index < -0.39 is 0 Å². The average Bonchev–Trinajstić information content (AvgIpc) is 2.68. The molecule has 146 valence electrons. The molecule has 5 fully saturated rings. The molecular weight excluding hydrogens is 322 g/mol. The maximum absolute atomic E-state index is 12.5. The third kappa shape index (κ3) is 2.66. The molecule has 4 aliphatic heterocycles. The molecular formula is C22H37N3O. The van der Waals surface area contributed by atoms with E-state index in [0.717, 1.165) is 24.4 Å². The Balaban J connectivity index is 1.54. The second kappa shape index (κ2) is 6.77. The van der Waals surface area contributed by atoms with Gasteiger partial charge in [0.15, 0.2) is 0 Å². The molecule has 0 aromatic rings. The van der Waals surface area contributed by atoms with E-state index in [4.69, 9.17) is 0 Å². The Labute approximate surface area is 159 Å². The fraction of sp³-hybridized carbons (Fsp3) is 0.955. The Hall–Kier alpha value is -0.610. The molecule has 4 heterocycles. The van der Waals surface area contributed by atoms with Gasteiger partial charge in [0.05, 0.1) is 0 Å². The minimum Gasteiger partial charge on any atom is -0.339 e. The van der Waals surface area contributed by atoms with Crippen molar-refractivity contribution >= 4 is 5.91 Å². The van der Waals surface area contributed by atoms with Crippen molar-refractivity contribution in [1.29, 1.82) is 0 Å². The van der Waals surface area contributed by atoms with Gasteiger partial charge >= 0.3 is 0 Å². The van der Waals surface area contributed by atoms with Crippen molar-refractivity contribution in [1.82, 2.24) is 15.1 Å². The van der Waals surface area contributed by atoms with E-state index in [2.05, 4.69) is 15.1 Å². The summed E-state index contributed by atoms with van der Waals surface area (Å²) in [6.45, 7) is 6.54. The van der Waals surface area contributed by atoms with E-state index in [1.54, 1.807) is 0 Å². The first kappa shape index (κ1) is 17.5. The van der Waals surface area contributed by atoms with Gasteiger partial charge in [-0.25, -0.2) is 0 Å². The number of rotatable bonds is 1. The van der Waals surface area contributed by atoms with Crippen LogP contribution in [-0.4, -0.2) is 60.0 Å². The lowest BCUT2D eigenvalue weighted by Gasteiger charge is -2.65. The highest BCUT2D eigenvalue weighted by atomic mass is 16.2. The van der Waals surface area contributed by atoms with Crippen molar-refractivity contribution in [2.45, 2.75) is 89.3 Å². The highest BCUT2D eigenvalue weighted by Gasteiger charge is 2.60. The van der Waals surface area contributed by atoms with E-state index >= 15 is 0 Å². The Morgan fingerprint density at radius 1 is 1.00 bits per heavy atom. The number of amides is 1. The van der Waals surface area contributed by atoms with Crippen molar-refractivity contribution in [2.24, 2.45) is 17.3 Å². The number of fused-ring (bicyclic) bond motifs is 6. The number of nitrogens with one attached hydrogen (secondary N) is 1. The van der Waals surface area contributed by atoms with Gasteiger partial charge in [-0.1, -0.05) is 6.42 Å². The Bertz CT molecular complexity index is 550. The summed E-state index contributed by atoms with van der Waals surface area (Å²) in [5, 5.41) is 4.00. The van der Waals surface area contributed by atoms with E-state index in [0.29, 0.717) is 23.4 Å². The fourth-order valence-electron chi connectivity index (χ4n) is 7.91. The Morgan fingerprint density at radius 3 is 2.73 bits per heavy atom. The molecule has 1 N–H and O–H groups in total. The van der Waals surface area contributed by atoms with Crippen molar-refractivity contribution in [3.63, 3.8) is 0 Å². The number of hydrogen-bond acceptors (Lipinski definition) is 3. The number of carbonyl (C=O) groups excluding carboxylic acids is 1. The first-order valence-electron chi connectivity index (χ1n) is 11.4. The summed E-state index contributed by atoms with van der Waals surface area (Å²) in [4.78, 5) is 17.7. The predicted molar refractivity (Wildman–Crippen MR) is 104 cm³/mol. The molecule has 2 bridgehead atoms. The molecule has 1 saturated carbocycles. The highest BCUT2D eigenvalue weighted by Crippen LogP contribution is 2.56. The van der Waals surface area contributed by atoms with Crippen LogP contribution in [0.3, 0.4) is 0 Å². The molecule has 4 saturated heterocycles. The zero-order valence-corrected chi connectivity index (χ0v) is 16.6. The van der Waals surface area contributed by atoms with Crippen LogP contribution in [0.1, 0.15) is 71.1 Å². The molecule has 0 aromatic heterocycles. The van der Waals surface area contributed by atoms with Crippen molar-refractivity contribution < 1.29 is 4.79 Å². The van der Waals surface area contributed by atoms with Gasteiger partial charge < -0.3 is 10.2 Å². The van der Waals surface area contributed by atoms with E-state index in [9.17, 15) is 4.79 Å². The second-order valence-corrected chi connectivity index (χ2v) is 10.0. The lowest BCUT2D eigenvalue weighted by molar-refractivity contribution is -0.157. The zero-order valence-electron chi connectivity index (χ0n) is 16.6. The summed E-state index contributed by atoms with van der Waals surface area (Å²) in [5.41, 5.74) is 0.300.